The highest BCUT2D eigenvalue weighted by molar-refractivity contribution is 8.76. The molecule has 2 rings (SSSR count). The molecule has 2 atom stereocenters. The Labute approximate surface area is 140 Å². The van der Waals surface area contributed by atoms with Crippen molar-refractivity contribution >= 4 is 39.6 Å². The second kappa shape index (κ2) is 8.68. The zero-order valence-electron chi connectivity index (χ0n) is 12.1. The van der Waals surface area contributed by atoms with E-state index in [2.05, 4.69) is 10.6 Å². The fourth-order valence-electron chi connectivity index (χ4n) is 1.77. The van der Waals surface area contributed by atoms with Crippen molar-refractivity contribution in [3.8, 4) is 0 Å². The predicted octanol–water partition coefficient (Wildman–Crippen LogP) is 1.25. The van der Waals surface area contributed by atoms with Crippen LogP contribution in [0.15, 0.2) is 30.3 Å². The summed E-state index contributed by atoms with van der Waals surface area (Å²) in [7, 11) is 2.68. The second-order valence-electron chi connectivity index (χ2n) is 4.73. The summed E-state index contributed by atoms with van der Waals surface area (Å²) in [5.74, 6) is -1.01. The number of amides is 2. The summed E-state index contributed by atoms with van der Waals surface area (Å²) in [5, 5.41) is 13.9. The van der Waals surface area contributed by atoms with Gasteiger partial charge in [-0.2, -0.15) is 0 Å². The topological polar surface area (TPSA) is 105 Å². The monoisotopic (exact) mass is 356 g/mol. The molecule has 0 aromatic heterocycles. The van der Waals surface area contributed by atoms with Crippen molar-refractivity contribution in [2.45, 2.75) is 18.7 Å². The molecule has 2 unspecified atom stereocenters. The SMILES string of the molecule is O=C(NC1CSSCC(C(=O)O)NC1=O)OCc1ccccc1. The molecule has 3 N–H and O–H groups in total. The second-order valence-corrected chi connectivity index (χ2v) is 7.28. The minimum atomic E-state index is -1.10. The highest BCUT2D eigenvalue weighted by Crippen LogP contribution is 2.24. The molecule has 1 aliphatic heterocycles. The maximum Gasteiger partial charge on any atom is 0.408 e. The van der Waals surface area contributed by atoms with E-state index >= 15 is 0 Å². The standard InChI is InChI=1S/C14H16N2O5S2/c17-12-10(7-22-23-8-11(15-12)13(18)19)16-14(20)21-6-9-4-2-1-3-5-9/h1-5,10-11H,6-8H2,(H,15,17)(H,16,20)(H,18,19). The molecule has 0 spiro atoms. The third kappa shape index (κ3) is 5.68. The minimum Gasteiger partial charge on any atom is -0.480 e. The molecule has 124 valence electrons. The average molecular weight is 356 g/mol. The van der Waals surface area contributed by atoms with Gasteiger partial charge in [-0.25, -0.2) is 9.59 Å². The molecule has 0 saturated carbocycles. The number of hydrogen-bond donors (Lipinski definition) is 3. The van der Waals surface area contributed by atoms with Crippen LogP contribution in [0.1, 0.15) is 5.56 Å². The van der Waals surface area contributed by atoms with E-state index in [0.29, 0.717) is 5.75 Å². The van der Waals surface area contributed by atoms with Gasteiger partial charge in [0.1, 0.15) is 18.7 Å². The first kappa shape index (κ1) is 17.5. The number of hydrogen-bond acceptors (Lipinski definition) is 6. The first-order chi connectivity index (χ1) is 11.1. The lowest BCUT2D eigenvalue weighted by Crippen LogP contribution is -2.54. The summed E-state index contributed by atoms with van der Waals surface area (Å²) < 4.78 is 5.06. The van der Waals surface area contributed by atoms with E-state index in [4.69, 9.17) is 9.84 Å². The molecular weight excluding hydrogens is 340 g/mol. The Bertz CT molecular complexity index is 570. The number of benzene rings is 1. The first-order valence-corrected chi connectivity index (χ1v) is 9.30. The molecule has 9 heteroatoms. The molecule has 1 heterocycles. The van der Waals surface area contributed by atoms with Crippen LogP contribution in [0, 0.1) is 0 Å². The zero-order chi connectivity index (χ0) is 16.7. The molecule has 1 aromatic carbocycles. The van der Waals surface area contributed by atoms with Crippen LogP contribution in [0.25, 0.3) is 0 Å². The summed E-state index contributed by atoms with van der Waals surface area (Å²) in [6, 6.07) is 7.36. The zero-order valence-corrected chi connectivity index (χ0v) is 13.7. The smallest absolute Gasteiger partial charge is 0.408 e. The summed E-state index contributed by atoms with van der Waals surface area (Å²) in [6.45, 7) is 0.0979. The van der Waals surface area contributed by atoms with Gasteiger partial charge in [-0.15, -0.1) is 0 Å². The quantitative estimate of drug-likeness (QED) is 0.697. The van der Waals surface area contributed by atoms with Crippen molar-refractivity contribution in [2.24, 2.45) is 0 Å². The van der Waals surface area contributed by atoms with Crippen molar-refractivity contribution in [3.05, 3.63) is 35.9 Å². The van der Waals surface area contributed by atoms with Gasteiger partial charge in [0.15, 0.2) is 0 Å². The van der Waals surface area contributed by atoms with E-state index in [1.54, 1.807) is 0 Å². The van der Waals surface area contributed by atoms with Crippen molar-refractivity contribution in [1.82, 2.24) is 10.6 Å². The Morgan fingerprint density at radius 3 is 2.65 bits per heavy atom. The molecule has 1 saturated heterocycles. The molecular formula is C14H16N2O5S2. The molecule has 1 fully saturated rings. The molecule has 1 aromatic rings. The number of aliphatic carboxylic acids is 1. The molecule has 0 aliphatic carbocycles. The van der Waals surface area contributed by atoms with E-state index in [9.17, 15) is 14.4 Å². The van der Waals surface area contributed by atoms with Gasteiger partial charge < -0.3 is 20.5 Å². The number of alkyl carbamates (subject to hydrolysis) is 1. The lowest BCUT2D eigenvalue weighted by Gasteiger charge is -2.23. The summed E-state index contributed by atoms with van der Waals surface area (Å²) >= 11 is 0. The number of ether oxygens (including phenoxy) is 1. The summed E-state index contributed by atoms with van der Waals surface area (Å²) in [5.41, 5.74) is 0.834. The lowest BCUT2D eigenvalue weighted by atomic mass is 10.2. The average Bonchev–Trinajstić information content (AvgIpc) is 2.53. The summed E-state index contributed by atoms with van der Waals surface area (Å²) in [6.07, 6.45) is -0.716. The Kier molecular flexibility index (Phi) is 6.60. The third-order valence-electron chi connectivity index (χ3n) is 2.99. The van der Waals surface area contributed by atoms with Crippen molar-refractivity contribution in [1.29, 1.82) is 0 Å². The van der Waals surface area contributed by atoms with Crippen LogP contribution in [0.2, 0.25) is 0 Å². The minimum absolute atomic E-state index is 0.0979. The first-order valence-electron chi connectivity index (χ1n) is 6.81. The van der Waals surface area contributed by atoms with Crippen LogP contribution in [0.4, 0.5) is 4.79 Å². The van der Waals surface area contributed by atoms with Crippen LogP contribution >= 0.6 is 21.6 Å². The molecule has 0 bridgehead atoms. The Morgan fingerprint density at radius 2 is 1.96 bits per heavy atom. The Hall–Kier alpha value is -1.87. The normalized spacial score (nSPS) is 21.5. The Morgan fingerprint density at radius 1 is 1.26 bits per heavy atom. The van der Waals surface area contributed by atoms with E-state index < -0.39 is 30.1 Å². The number of carboxylic acids is 1. The fraction of sp³-hybridized carbons (Fsp3) is 0.357. The third-order valence-corrected chi connectivity index (χ3v) is 5.41. The van der Waals surface area contributed by atoms with Crippen LogP contribution in [0.3, 0.4) is 0 Å². The van der Waals surface area contributed by atoms with Gasteiger partial charge in [0.05, 0.1) is 0 Å². The van der Waals surface area contributed by atoms with E-state index in [-0.39, 0.29) is 12.4 Å². The van der Waals surface area contributed by atoms with Gasteiger partial charge >= 0.3 is 12.1 Å². The van der Waals surface area contributed by atoms with Gasteiger partial charge in [-0.05, 0) is 5.56 Å². The fourth-order valence-corrected chi connectivity index (χ4v) is 4.09. The number of carboxylic acid groups (broad SMARTS) is 1. The van der Waals surface area contributed by atoms with Crippen LogP contribution in [-0.4, -0.2) is 46.7 Å². The van der Waals surface area contributed by atoms with Gasteiger partial charge in [0.2, 0.25) is 5.91 Å². The summed E-state index contributed by atoms with van der Waals surface area (Å²) in [4.78, 5) is 34.8. The Balaban J connectivity index is 1.85. The number of carbonyl (C=O) groups excluding carboxylic acids is 2. The van der Waals surface area contributed by atoms with Gasteiger partial charge in [-0.1, -0.05) is 51.9 Å². The van der Waals surface area contributed by atoms with E-state index in [1.165, 1.54) is 21.6 Å². The van der Waals surface area contributed by atoms with Gasteiger partial charge in [0.25, 0.3) is 0 Å². The predicted molar refractivity (Wildman–Crippen MR) is 88.0 cm³/mol. The van der Waals surface area contributed by atoms with Gasteiger partial charge in [-0.3, -0.25) is 4.79 Å². The largest absolute Gasteiger partial charge is 0.480 e. The van der Waals surface area contributed by atoms with Crippen molar-refractivity contribution in [3.63, 3.8) is 0 Å². The highest BCUT2D eigenvalue weighted by Gasteiger charge is 2.29. The molecule has 1 aliphatic rings. The number of nitrogens with one attached hydrogen (secondary N) is 2. The highest BCUT2D eigenvalue weighted by atomic mass is 33.1. The maximum absolute atomic E-state index is 12.0. The van der Waals surface area contributed by atoms with Crippen LogP contribution in [-0.2, 0) is 20.9 Å². The van der Waals surface area contributed by atoms with Crippen molar-refractivity contribution in [2.75, 3.05) is 11.5 Å². The van der Waals surface area contributed by atoms with E-state index in [1.807, 2.05) is 30.3 Å². The molecule has 23 heavy (non-hydrogen) atoms. The molecule has 0 radical (unpaired) electrons. The van der Waals surface area contributed by atoms with Crippen LogP contribution < -0.4 is 10.6 Å². The number of carbonyl (C=O) groups is 3. The van der Waals surface area contributed by atoms with Crippen LogP contribution in [0.5, 0.6) is 0 Å². The van der Waals surface area contributed by atoms with Crippen molar-refractivity contribution < 1.29 is 24.2 Å². The van der Waals surface area contributed by atoms with Gasteiger partial charge in [0, 0.05) is 11.5 Å². The van der Waals surface area contributed by atoms with E-state index in [0.717, 1.165) is 5.56 Å². The molecule has 7 nitrogen and oxygen atoms in total. The number of rotatable bonds is 4. The lowest BCUT2D eigenvalue weighted by molar-refractivity contribution is -0.141. The molecule has 2 amide bonds. The maximum atomic E-state index is 12.0.